The number of hydrogen-bond donors (Lipinski definition) is 2. The summed E-state index contributed by atoms with van der Waals surface area (Å²) in [6.45, 7) is 3.74. The minimum Gasteiger partial charge on any atom is -0.370 e. The lowest BCUT2D eigenvalue weighted by Gasteiger charge is -2.07. The zero-order chi connectivity index (χ0) is 14.9. The number of hydrogen-bond acceptors (Lipinski definition) is 2. The van der Waals surface area contributed by atoms with Gasteiger partial charge in [0.1, 0.15) is 0 Å². The zero-order valence-electron chi connectivity index (χ0n) is 12.9. The van der Waals surface area contributed by atoms with Gasteiger partial charge in [-0.1, -0.05) is 25.5 Å². The van der Waals surface area contributed by atoms with Gasteiger partial charge >= 0.3 is 0 Å². The van der Waals surface area contributed by atoms with Gasteiger partial charge in [-0.3, -0.25) is 4.99 Å². The van der Waals surface area contributed by atoms with Gasteiger partial charge < -0.3 is 11.1 Å². The SMILES string of the molecule is CCCCN=C(N)NCCc1ccc(-n2cccn2)cc1.I. The Balaban J connectivity index is 0.00000242. The van der Waals surface area contributed by atoms with Gasteiger partial charge in [0.25, 0.3) is 0 Å². The lowest BCUT2D eigenvalue weighted by Crippen LogP contribution is -2.33. The average molecular weight is 413 g/mol. The molecule has 0 spiro atoms. The molecule has 5 nitrogen and oxygen atoms in total. The maximum absolute atomic E-state index is 5.79. The van der Waals surface area contributed by atoms with Gasteiger partial charge in [-0.05, 0) is 36.6 Å². The van der Waals surface area contributed by atoms with Crippen LogP contribution < -0.4 is 11.1 Å². The van der Waals surface area contributed by atoms with Gasteiger partial charge in [0.05, 0.1) is 5.69 Å². The first kappa shape index (κ1) is 18.5. The highest BCUT2D eigenvalue weighted by atomic mass is 127. The van der Waals surface area contributed by atoms with E-state index in [1.54, 1.807) is 6.20 Å². The Bertz CT molecular complexity index is 548. The smallest absolute Gasteiger partial charge is 0.188 e. The Labute approximate surface area is 149 Å². The van der Waals surface area contributed by atoms with Crippen LogP contribution >= 0.6 is 24.0 Å². The van der Waals surface area contributed by atoms with Crippen molar-refractivity contribution in [3.63, 3.8) is 0 Å². The molecule has 0 aliphatic heterocycles. The Morgan fingerprint density at radius 2 is 2.09 bits per heavy atom. The number of nitrogens with two attached hydrogens (primary N) is 1. The normalized spacial score (nSPS) is 11.0. The minimum absolute atomic E-state index is 0. The van der Waals surface area contributed by atoms with Crippen LogP contribution in [0.5, 0.6) is 0 Å². The summed E-state index contributed by atoms with van der Waals surface area (Å²) >= 11 is 0. The molecule has 0 atom stereocenters. The van der Waals surface area contributed by atoms with Crippen molar-refractivity contribution in [2.75, 3.05) is 13.1 Å². The first-order valence-corrected chi connectivity index (χ1v) is 7.42. The maximum atomic E-state index is 5.79. The third-order valence-corrected chi connectivity index (χ3v) is 3.22. The molecule has 0 aliphatic rings. The minimum atomic E-state index is 0. The van der Waals surface area contributed by atoms with E-state index in [2.05, 4.69) is 46.6 Å². The number of halogens is 1. The Kier molecular flexibility index (Phi) is 8.57. The van der Waals surface area contributed by atoms with Crippen LogP contribution in [0.25, 0.3) is 5.69 Å². The molecule has 0 saturated heterocycles. The van der Waals surface area contributed by atoms with Crippen LogP contribution in [0.15, 0.2) is 47.7 Å². The molecule has 0 bridgehead atoms. The van der Waals surface area contributed by atoms with Gasteiger partial charge in [0.2, 0.25) is 0 Å². The summed E-state index contributed by atoms with van der Waals surface area (Å²) in [6.07, 6.45) is 6.85. The molecule has 0 saturated carbocycles. The predicted octanol–water partition coefficient (Wildman–Crippen LogP) is 2.74. The van der Waals surface area contributed by atoms with Crippen molar-refractivity contribution in [3.8, 4) is 5.69 Å². The maximum Gasteiger partial charge on any atom is 0.188 e. The van der Waals surface area contributed by atoms with Crippen molar-refractivity contribution in [2.24, 2.45) is 10.7 Å². The molecule has 1 aromatic heterocycles. The molecule has 6 heteroatoms. The zero-order valence-corrected chi connectivity index (χ0v) is 15.2. The summed E-state index contributed by atoms with van der Waals surface area (Å²) < 4.78 is 1.85. The second kappa shape index (κ2) is 10.2. The third-order valence-electron chi connectivity index (χ3n) is 3.22. The first-order chi connectivity index (χ1) is 10.3. The van der Waals surface area contributed by atoms with Crippen molar-refractivity contribution in [2.45, 2.75) is 26.2 Å². The van der Waals surface area contributed by atoms with E-state index in [0.29, 0.717) is 5.96 Å². The van der Waals surface area contributed by atoms with Crippen LogP contribution in [0, 0.1) is 0 Å². The Morgan fingerprint density at radius 1 is 1.32 bits per heavy atom. The molecule has 2 aromatic rings. The lowest BCUT2D eigenvalue weighted by molar-refractivity contribution is 0.790. The van der Waals surface area contributed by atoms with Crippen LogP contribution in [0.1, 0.15) is 25.3 Å². The molecule has 0 amide bonds. The monoisotopic (exact) mass is 413 g/mol. The number of nitrogens with zero attached hydrogens (tertiary/aromatic N) is 3. The molecule has 22 heavy (non-hydrogen) atoms. The number of rotatable bonds is 7. The molecule has 3 N–H and O–H groups in total. The largest absolute Gasteiger partial charge is 0.370 e. The molecule has 120 valence electrons. The standard InChI is InChI=1S/C16H23N5.HI/c1-2-3-10-18-16(17)19-12-9-14-5-7-15(8-6-14)21-13-4-11-20-21;/h4-8,11,13H,2-3,9-10,12H2,1H3,(H3,17,18,19);1H. The quantitative estimate of drug-likeness (QED) is 0.318. The Hall–Kier alpha value is -1.57. The van der Waals surface area contributed by atoms with Crippen molar-refractivity contribution < 1.29 is 0 Å². The van der Waals surface area contributed by atoms with E-state index in [1.807, 2.05) is 16.9 Å². The topological polar surface area (TPSA) is 68.2 Å². The van der Waals surface area contributed by atoms with Crippen LogP contribution in [0.2, 0.25) is 0 Å². The number of nitrogens with one attached hydrogen (secondary N) is 1. The molecule has 0 fully saturated rings. The third kappa shape index (κ3) is 6.05. The molecule has 2 rings (SSSR count). The molecule has 1 heterocycles. The van der Waals surface area contributed by atoms with E-state index in [9.17, 15) is 0 Å². The highest BCUT2D eigenvalue weighted by Gasteiger charge is 1.98. The van der Waals surface area contributed by atoms with Crippen LogP contribution in [-0.4, -0.2) is 28.8 Å². The summed E-state index contributed by atoms with van der Waals surface area (Å²) in [5, 5.41) is 7.35. The van der Waals surface area contributed by atoms with Gasteiger partial charge in [-0.2, -0.15) is 5.10 Å². The number of unbranched alkanes of at least 4 members (excludes halogenated alkanes) is 1. The molecular formula is C16H24IN5. The summed E-state index contributed by atoms with van der Waals surface area (Å²) in [7, 11) is 0. The second-order valence-corrected chi connectivity index (χ2v) is 4.91. The number of aliphatic imine (C=N–C) groups is 1. The molecular weight excluding hydrogens is 389 g/mol. The fraction of sp³-hybridized carbons (Fsp3) is 0.375. The Morgan fingerprint density at radius 3 is 2.73 bits per heavy atom. The van der Waals surface area contributed by atoms with Crippen molar-refractivity contribution in [3.05, 3.63) is 48.3 Å². The molecule has 1 aromatic carbocycles. The van der Waals surface area contributed by atoms with Gasteiger partial charge in [-0.25, -0.2) is 4.68 Å². The molecule has 0 radical (unpaired) electrons. The number of guanidine groups is 1. The fourth-order valence-electron chi connectivity index (χ4n) is 1.99. The lowest BCUT2D eigenvalue weighted by atomic mass is 10.1. The van der Waals surface area contributed by atoms with Crippen molar-refractivity contribution >= 4 is 29.9 Å². The number of benzene rings is 1. The molecule has 0 aliphatic carbocycles. The second-order valence-electron chi connectivity index (χ2n) is 4.91. The first-order valence-electron chi connectivity index (χ1n) is 7.42. The predicted molar refractivity (Wildman–Crippen MR) is 102 cm³/mol. The van der Waals surface area contributed by atoms with Crippen LogP contribution in [0.4, 0.5) is 0 Å². The van der Waals surface area contributed by atoms with E-state index in [1.165, 1.54) is 5.56 Å². The highest BCUT2D eigenvalue weighted by molar-refractivity contribution is 14.0. The van der Waals surface area contributed by atoms with Gasteiger partial charge in [0.15, 0.2) is 5.96 Å². The van der Waals surface area contributed by atoms with E-state index in [-0.39, 0.29) is 24.0 Å². The number of aromatic nitrogens is 2. The highest BCUT2D eigenvalue weighted by Crippen LogP contribution is 2.08. The van der Waals surface area contributed by atoms with Crippen LogP contribution in [0.3, 0.4) is 0 Å². The van der Waals surface area contributed by atoms with E-state index in [0.717, 1.165) is 38.0 Å². The average Bonchev–Trinajstić information content (AvgIpc) is 3.02. The van der Waals surface area contributed by atoms with E-state index >= 15 is 0 Å². The summed E-state index contributed by atoms with van der Waals surface area (Å²) in [4.78, 5) is 4.26. The van der Waals surface area contributed by atoms with E-state index < -0.39 is 0 Å². The van der Waals surface area contributed by atoms with Crippen molar-refractivity contribution in [1.29, 1.82) is 0 Å². The molecule has 0 unspecified atom stereocenters. The van der Waals surface area contributed by atoms with Crippen molar-refractivity contribution in [1.82, 2.24) is 15.1 Å². The van der Waals surface area contributed by atoms with Gasteiger partial charge in [-0.15, -0.1) is 24.0 Å². The van der Waals surface area contributed by atoms with Crippen LogP contribution in [-0.2, 0) is 6.42 Å². The summed E-state index contributed by atoms with van der Waals surface area (Å²) in [5.41, 5.74) is 8.12. The fourth-order valence-corrected chi connectivity index (χ4v) is 1.99. The summed E-state index contributed by atoms with van der Waals surface area (Å²) in [5.74, 6) is 0.539. The summed E-state index contributed by atoms with van der Waals surface area (Å²) in [6, 6.07) is 10.3. The van der Waals surface area contributed by atoms with Gasteiger partial charge in [0, 0.05) is 25.5 Å². The van der Waals surface area contributed by atoms with E-state index in [4.69, 9.17) is 5.73 Å².